The standard InChI is InChI=1S/C25H33N5O2.HI/c1-26-25(29-15-13-28(14-16-29)22-9-5-10-23(17-22)32-2)27-12-6-11-24(31)30-18-20-7-3-4-8-21(20)19-30;/h3-5,7-10,17H,6,11-16,18-19H2,1-2H3,(H,26,27);1H. The number of anilines is 1. The van der Waals surface area contributed by atoms with Gasteiger partial charge in [-0.05, 0) is 29.7 Å². The number of carbonyl (C=O) groups is 1. The third-order valence-corrected chi connectivity index (χ3v) is 6.25. The molecule has 7 nitrogen and oxygen atoms in total. The molecule has 178 valence electrons. The number of fused-ring (bicyclic) bond motifs is 1. The highest BCUT2D eigenvalue weighted by atomic mass is 127. The quantitative estimate of drug-likeness (QED) is 0.253. The zero-order valence-electron chi connectivity index (χ0n) is 19.5. The van der Waals surface area contributed by atoms with Crippen LogP contribution in [0.4, 0.5) is 5.69 Å². The molecule has 1 fully saturated rings. The van der Waals surface area contributed by atoms with Gasteiger partial charge in [-0.2, -0.15) is 0 Å². The smallest absolute Gasteiger partial charge is 0.223 e. The predicted molar refractivity (Wildman–Crippen MR) is 143 cm³/mol. The molecule has 2 aromatic carbocycles. The molecule has 1 amide bonds. The Kier molecular flexibility index (Phi) is 9.22. The van der Waals surface area contributed by atoms with Gasteiger partial charge >= 0.3 is 0 Å². The molecular weight excluding hydrogens is 529 g/mol. The van der Waals surface area contributed by atoms with Gasteiger partial charge in [-0.1, -0.05) is 30.3 Å². The summed E-state index contributed by atoms with van der Waals surface area (Å²) in [6.45, 7) is 5.89. The van der Waals surface area contributed by atoms with Crippen molar-refractivity contribution in [2.75, 3.05) is 51.8 Å². The number of aliphatic imine (C=N–C) groups is 1. The fourth-order valence-electron chi connectivity index (χ4n) is 4.42. The lowest BCUT2D eigenvalue weighted by molar-refractivity contribution is -0.131. The van der Waals surface area contributed by atoms with Gasteiger partial charge in [0.05, 0.1) is 7.11 Å². The Morgan fingerprint density at radius 3 is 2.33 bits per heavy atom. The summed E-state index contributed by atoms with van der Waals surface area (Å²) in [5.41, 5.74) is 3.73. The second-order valence-corrected chi connectivity index (χ2v) is 8.27. The van der Waals surface area contributed by atoms with Crippen LogP contribution in [0, 0.1) is 0 Å². The summed E-state index contributed by atoms with van der Waals surface area (Å²) in [7, 11) is 3.52. The molecule has 8 heteroatoms. The SMILES string of the molecule is CN=C(NCCCC(=O)N1Cc2ccccc2C1)N1CCN(c2cccc(OC)c2)CC1.I. The van der Waals surface area contributed by atoms with Gasteiger partial charge in [0, 0.05) is 71.0 Å². The Morgan fingerprint density at radius 1 is 1.00 bits per heavy atom. The number of rotatable bonds is 6. The van der Waals surface area contributed by atoms with Crippen molar-refractivity contribution >= 4 is 41.5 Å². The monoisotopic (exact) mass is 563 g/mol. The molecule has 2 heterocycles. The van der Waals surface area contributed by atoms with Crippen molar-refractivity contribution in [3.63, 3.8) is 0 Å². The highest BCUT2D eigenvalue weighted by molar-refractivity contribution is 14.0. The number of carbonyl (C=O) groups excluding carboxylic acids is 1. The number of ether oxygens (including phenoxy) is 1. The molecule has 1 saturated heterocycles. The molecule has 4 rings (SSSR count). The lowest BCUT2D eigenvalue weighted by atomic mass is 10.1. The molecule has 1 N–H and O–H groups in total. The van der Waals surface area contributed by atoms with Crippen LogP contribution < -0.4 is 15.0 Å². The van der Waals surface area contributed by atoms with Crippen molar-refractivity contribution in [2.45, 2.75) is 25.9 Å². The topological polar surface area (TPSA) is 60.4 Å². The van der Waals surface area contributed by atoms with E-state index in [0.717, 1.165) is 63.9 Å². The Bertz CT molecular complexity index is 934. The summed E-state index contributed by atoms with van der Waals surface area (Å²) in [6, 6.07) is 16.5. The van der Waals surface area contributed by atoms with Crippen LogP contribution >= 0.6 is 24.0 Å². The molecule has 0 bridgehead atoms. The first-order chi connectivity index (χ1) is 15.7. The summed E-state index contributed by atoms with van der Waals surface area (Å²) < 4.78 is 5.35. The first kappa shape index (κ1) is 25.1. The maximum atomic E-state index is 12.6. The Hall–Kier alpha value is -2.49. The third-order valence-electron chi connectivity index (χ3n) is 6.25. The minimum Gasteiger partial charge on any atom is -0.497 e. The first-order valence-corrected chi connectivity index (χ1v) is 11.4. The number of nitrogens with one attached hydrogen (secondary N) is 1. The van der Waals surface area contributed by atoms with Crippen LogP contribution in [-0.4, -0.2) is 68.5 Å². The van der Waals surface area contributed by atoms with Gasteiger partial charge in [-0.15, -0.1) is 24.0 Å². The molecule has 2 aromatic rings. The molecule has 2 aliphatic heterocycles. The normalized spacial score (nSPS) is 15.7. The van der Waals surface area contributed by atoms with Crippen LogP contribution in [0.3, 0.4) is 0 Å². The van der Waals surface area contributed by atoms with E-state index in [1.54, 1.807) is 7.11 Å². The molecule has 0 unspecified atom stereocenters. The van der Waals surface area contributed by atoms with E-state index < -0.39 is 0 Å². The zero-order chi connectivity index (χ0) is 22.3. The molecule has 0 aromatic heterocycles. The van der Waals surface area contributed by atoms with Crippen molar-refractivity contribution in [1.82, 2.24) is 15.1 Å². The van der Waals surface area contributed by atoms with Crippen molar-refractivity contribution in [2.24, 2.45) is 4.99 Å². The van der Waals surface area contributed by atoms with Gasteiger partial charge in [-0.25, -0.2) is 0 Å². The molecule has 0 radical (unpaired) electrons. The summed E-state index contributed by atoms with van der Waals surface area (Å²) in [6.07, 6.45) is 1.36. The van der Waals surface area contributed by atoms with Crippen LogP contribution in [0.1, 0.15) is 24.0 Å². The van der Waals surface area contributed by atoms with Crippen LogP contribution in [0.2, 0.25) is 0 Å². The third kappa shape index (κ3) is 6.31. The number of hydrogen-bond donors (Lipinski definition) is 1. The largest absolute Gasteiger partial charge is 0.497 e. The number of halogens is 1. The number of hydrogen-bond acceptors (Lipinski definition) is 4. The summed E-state index contributed by atoms with van der Waals surface area (Å²) in [5, 5.41) is 3.44. The van der Waals surface area contributed by atoms with E-state index in [2.05, 4.69) is 44.4 Å². The average Bonchev–Trinajstić information content (AvgIpc) is 3.29. The predicted octanol–water partition coefficient (Wildman–Crippen LogP) is 3.33. The van der Waals surface area contributed by atoms with Gasteiger partial charge in [0.25, 0.3) is 0 Å². The summed E-state index contributed by atoms with van der Waals surface area (Å²) in [4.78, 5) is 23.7. The van der Waals surface area contributed by atoms with Gasteiger partial charge in [-0.3, -0.25) is 9.79 Å². The number of piperazine rings is 1. The first-order valence-electron chi connectivity index (χ1n) is 11.4. The fraction of sp³-hybridized carbons (Fsp3) is 0.440. The molecule has 0 aliphatic carbocycles. The van der Waals surface area contributed by atoms with E-state index in [1.807, 2.05) is 36.2 Å². The number of methoxy groups -OCH3 is 1. The summed E-state index contributed by atoms with van der Waals surface area (Å²) in [5.74, 6) is 2.02. The second-order valence-electron chi connectivity index (χ2n) is 8.27. The van der Waals surface area contributed by atoms with Crippen molar-refractivity contribution in [3.8, 4) is 5.75 Å². The molecular formula is C25H34IN5O2. The maximum absolute atomic E-state index is 12.6. The van der Waals surface area contributed by atoms with Crippen LogP contribution in [-0.2, 0) is 17.9 Å². The second kappa shape index (κ2) is 12.1. The number of nitrogens with zero attached hydrogens (tertiary/aromatic N) is 4. The van der Waals surface area contributed by atoms with E-state index in [1.165, 1.54) is 16.8 Å². The van der Waals surface area contributed by atoms with E-state index in [-0.39, 0.29) is 29.9 Å². The fourth-order valence-corrected chi connectivity index (χ4v) is 4.42. The van der Waals surface area contributed by atoms with E-state index in [9.17, 15) is 4.79 Å². The minimum atomic E-state index is 0. The molecule has 0 spiro atoms. The molecule has 33 heavy (non-hydrogen) atoms. The molecule has 0 saturated carbocycles. The van der Waals surface area contributed by atoms with Crippen LogP contribution in [0.5, 0.6) is 5.75 Å². The van der Waals surface area contributed by atoms with Crippen LogP contribution in [0.15, 0.2) is 53.5 Å². The van der Waals surface area contributed by atoms with E-state index in [4.69, 9.17) is 4.74 Å². The number of benzene rings is 2. The van der Waals surface area contributed by atoms with Crippen LogP contribution in [0.25, 0.3) is 0 Å². The van der Waals surface area contributed by atoms with Crippen molar-refractivity contribution in [1.29, 1.82) is 0 Å². The van der Waals surface area contributed by atoms with Gasteiger partial charge in [0.2, 0.25) is 5.91 Å². The Labute approximate surface area is 213 Å². The van der Waals surface area contributed by atoms with E-state index in [0.29, 0.717) is 6.42 Å². The van der Waals surface area contributed by atoms with E-state index >= 15 is 0 Å². The Balaban J connectivity index is 0.00000306. The highest BCUT2D eigenvalue weighted by Gasteiger charge is 2.23. The zero-order valence-corrected chi connectivity index (χ0v) is 21.8. The van der Waals surface area contributed by atoms with Gasteiger partial charge in [0.1, 0.15) is 5.75 Å². The minimum absolute atomic E-state index is 0. The van der Waals surface area contributed by atoms with Crippen molar-refractivity contribution < 1.29 is 9.53 Å². The molecule has 2 aliphatic rings. The van der Waals surface area contributed by atoms with Gasteiger partial charge in [0.15, 0.2) is 5.96 Å². The van der Waals surface area contributed by atoms with Crippen molar-refractivity contribution in [3.05, 3.63) is 59.7 Å². The maximum Gasteiger partial charge on any atom is 0.223 e. The lowest BCUT2D eigenvalue weighted by Gasteiger charge is -2.37. The number of guanidine groups is 1. The van der Waals surface area contributed by atoms with Gasteiger partial charge < -0.3 is 24.8 Å². The highest BCUT2D eigenvalue weighted by Crippen LogP contribution is 2.23. The number of amides is 1. The summed E-state index contributed by atoms with van der Waals surface area (Å²) >= 11 is 0. The lowest BCUT2D eigenvalue weighted by Crippen LogP contribution is -2.52. The average molecular weight is 563 g/mol. The molecule has 0 atom stereocenters. The Morgan fingerprint density at radius 2 is 1.70 bits per heavy atom.